The van der Waals surface area contributed by atoms with Gasteiger partial charge in [0.05, 0.1) is 17.5 Å². The highest BCUT2D eigenvalue weighted by atomic mass is 35.5. The predicted octanol–water partition coefficient (Wildman–Crippen LogP) is 4.02. The molecule has 0 amide bonds. The molecule has 2 atom stereocenters. The second-order valence-corrected chi connectivity index (χ2v) is 16.1. The van der Waals surface area contributed by atoms with Crippen molar-refractivity contribution in [2.24, 2.45) is 10.9 Å². The van der Waals surface area contributed by atoms with E-state index < -0.39 is 30.4 Å². The molecule has 0 aliphatic carbocycles. The SMILES string of the molecule is CC(C)(C)[Si](C)(C)OCC1CCCC(/C(N)=N/O)N1S(=O)(=O)c1ccc(Cl)cc1. The van der Waals surface area contributed by atoms with E-state index in [0.717, 1.165) is 6.42 Å². The van der Waals surface area contributed by atoms with Crippen LogP contribution < -0.4 is 5.73 Å². The molecule has 0 spiro atoms. The van der Waals surface area contributed by atoms with Crippen LogP contribution >= 0.6 is 11.6 Å². The van der Waals surface area contributed by atoms with Gasteiger partial charge >= 0.3 is 0 Å². The van der Waals surface area contributed by atoms with Crippen molar-refractivity contribution in [1.82, 2.24) is 4.31 Å². The van der Waals surface area contributed by atoms with Gasteiger partial charge in [-0.25, -0.2) is 8.42 Å². The molecule has 0 saturated carbocycles. The number of sulfonamides is 1. The van der Waals surface area contributed by atoms with Crippen LogP contribution in [0.4, 0.5) is 0 Å². The van der Waals surface area contributed by atoms with Gasteiger partial charge in [0.15, 0.2) is 14.2 Å². The molecule has 1 saturated heterocycles. The van der Waals surface area contributed by atoms with E-state index >= 15 is 0 Å². The fourth-order valence-electron chi connectivity index (χ4n) is 3.17. The molecule has 2 rings (SSSR count). The highest BCUT2D eigenvalue weighted by molar-refractivity contribution is 7.89. The molecule has 1 heterocycles. The lowest BCUT2D eigenvalue weighted by Gasteiger charge is -2.43. The normalized spacial score (nSPS) is 22.6. The van der Waals surface area contributed by atoms with Crippen LogP contribution in [0.15, 0.2) is 34.3 Å². The molecule has 29 heavy (non-hydrogen) atoms. The van der Waals surface area contributed by atoms with Gasteiger partial charge in [-0.1, -0.05) is 37.5 Å². The summed E-state index contributed by atoms with van der Waals surface area (Å²) in [5, 5.41) is 12.8. The Morgan fingerprint density at radius 3 is 2.41 bits per heavy atom. The Bertz CT molecular complexity index is 838. The third-order valence-electron chi connectivity index (χ3n) is 5.97. The highest BCUT2D eigenvalue weighted by Crippen LogP contribution is 2.38. The van der Waals surface area contributed by atoms with E-state index in [1.165, 1.54) is 28.6 Å². The molecule has 1 fully saturated rings. The summed E-state index contributed by atoms with van der Waals surface area (Å²) in [6, 6.07) is 4.91. The van der Waals surface area contributed by atoms with Crippen molar-refractivity contribution in [3.05, 3.63) is 29.3 Å². The van der Waals surface area contributed by atoms with Crippen molar-refractivity contribution in [3.8, 4) is 0 Å². The van der Waals surface area contributed by atoms with E-state index in [1.807, 2.05) is 0 Å². The average Bonchev–Trinajstić information content (AvgIpc) is 2.64. The number of oxime groups is 1. The number of nitrogens with two attached hydrogens (primary N) is 1. The molecule has 164 valence electrons. The quantitative estimate of drug-likeness (QED) is 0.219. The summed E-state index contributed by atoms with van der Waals surface area (Å²) < 4.78 is 34.7. The van der Waals surface area contributed by atoms with E-state index in [9.17, 15) is 13.6 Å². The fraction of sp³-hybridized carbons (Fsp3) is 0.632. The number of hydrogen-bond donors (Lipinski definition) is 2. The molecule has 0 aromatic heterocycles. The third kappa shape index (κ3) is 5.32. The van der Waals surface area contributed by atoms with Gasteiger partial charge in [0, 0.05) is 11.1 Å². The van der Waals surface area contributed by atoms with E-state index in [1.54, 1.807) is 0 Å². The number of halogens is 1. The van der Waals surface area contributed by atoms with Crippen LogP contribution in [0.5, 0.6) is 0 Å². The fourth-order valence-corrected chi connectivity index (χ4v) is 6.17. The monoisotopic (exact) mass is 461 g/mol. The van der Waals surface area contributed by atoms with Crippen molar-refractivity contribution in [1.29, 1.82) is 0 Å². The number of piperidine rings is 1. The van der Waals surface area contributed by atoms with Crippen molar-refractivity contribution >= 4 is 35.8 Å². The zero-order valence-corrected chi connectivity index (χ0v) is 20.3. The topological polar surface area (TPSA) is 105 Å². The first-order valence-corrected chi connectivity index (χ1v) is 14.4. The molecule has 1 aromatic rings. The van der Waals surface area contributed by atoms with Gasteiger partial charge in [-0.15, -0.1) is 0 Å². The van der Waals surface area contributed by atoms with Gasteiger partial charge in [0.2, 0.25) is 10.0 Å². The number of benzene rings is 1. The van der Waals surface area contributed by atoms with Crippen LogP contribution in [-0.2, 0) is 14.4 Å². The van der Waals surface area contributed by atoms with Gasteiger partial charge in [0.25, 0.3) is 0 Å². The smallest absolute Gasteiger partial charge is 0.244 e. The molecule has 2 unspecified atom stereocenters. The summed E-state index contributed by atoms with van der Waals surface area (Å²) in [5.74, 6) is -0.112. The summed E-state index contributed by atoms with van der Waals surface area (Å²) in [6.45, 7) is 11.0. The zero-order chi connectivity index (χ0) is 22.0. The Kier molecular flexibility index (Phi) is 7.43. The van der Waals surface area contributed by atoms with Gasteiger partial charge in [-0.2, -0.15) is 4.31 Å². The number of hydrogen-bond acceptors (Lipinski definition) is 5. The molecule has 0 bridgehead atoms. The summed E-state index contributed by atoms with van der Waals surface area (Å²) >= 11 is 5.92. The largest absolute Gasteiger partial charge is 0.415 e. The summed E-state index contributed by atoms with van der Waals surface area (Å²) in [4.78, 5) is 0.122. The molecule has 0 radical (unpaired) electrons. The van der Waals surface area contributed by atoms with Crippen molar-refractivity contribution in [2.75, 3.05) is 6.61 Å². The maximum absolute atomic E-state index is 13.5. The van der Waals surface area contributed by atoms with E-state index in [-0.39, 0.29) is 22.4 Å². The first-order valence-electron chi connectivity index (χ1n) is 9.72. The number of rotatable bonds is 6. The standard InChI is InChI=1S/C19H32ClN3O4SSi/c1-19(2,3)29(4,5)27-13-15-7-6-8-17(18(21)22-24)23(15)28(25,26)16-11-9-14(20)10-12-16/h9-12,15,17,24H,6-8,13H2,1-5H3,(H2,21,22). The minimum Gasteiger partial charge on any atom is -0.415 e. The lowest BCUT2D eigenvalue weighted by Crippen LogP contribution is -2.57. The summed E-state index contributed by atoms with van der Waals surface area (Å²) in [5.41, 5.74) is 5.89. The molecular weight excluding hydrogens is 430 g/mol. The Labute approximate surface area is 180 Å². The van der Waals surface area contributed by atoms with E-state index in [0.29, 0.717) is 17.9 Å². The molecule has 3 N–H and O–H groups in total. The lowest BCUT2D eigenvalue weighted by atomic mass is 9.98. The van der Waals surface area contributed by atoms with Gasteiger partial charge < -0.3 is 15.4 Å². The van der Waals surface area contributed by atoms with E-state index in [2.05, 4.69) is 39.0 Å². The summed E-state index contributed by atoms with van der Waals surface area (Å²) in [6.07, 6.45) is 1.90. The molecule has 1 aromatic carbocycles. The van der Waals surface area contributed by atoms with Gasteiger partial charge in [-0.05, 0) is 61.7 Å². The maximum atomic E-state index is 13.5. The number of nitrogens with zero attached hydrogens (tertiary/aromatic N) is 2. The molecular formula is C19H32ClN3O4SSi. The van der Waals surface area contributed by atoms with Gasteiger partial charge in [0.1, 0.15) is 0 Å². The Hall–Kier alpha value is -1.13. The van der Waals surface area contributed by atoms with Crippen molar-refractivity contribution in [3.63, 3.8) is 0 Å². The Morgan fingerprint density at radius 2 is 1.90 bits per heavy atom. The molecule has 1 aliphatic rings. The van der Waals surface area contributed by atoms with E-state index in [4.69, 9.17) is 21.8 Å². The zero-order valence-electron chi connectivity index (χ0n) is 17.7. The Balaban J connectivity index is 2.42. The third-order valence-corrected chi connectivity index (χ3v) is 12.7. The highest BCUT2D eigenvalue weighted by Gasteiger charge is 2.44. The van der Waals surface area contributed by atoms with Crippen LogP contribution in [-0.4, -0.2) is 50.8 Å². The van der Waals surface area contributed by atoms with Crippen LogP contribution in [0.1, 0.15) is 40.0 Å². The minimum absolute atomic E-state index is 0.00649. The second-order valence-electron chi connectivity index (χ2n) is 8.99. The lowest BCUT2D eigenvalue weighted by molar-refractivity contribution is 0.140. The van der Waals surface area contributed by atoms with Crippen molar-refractivity contribution < 1.29 is 18.1 Å². The predicted molar refractivity (Wildman–Crippen MR) is 118 cm³/mol. The Morgan fingerprint density at radius 1 is 1.31 bits per heavy atom. The average molecular weight is 462 g/mol. The van der Waals surface area contributed by atoms with Crippen LogP contribution in [0.3, 0.4) is 0 Å². The second kappa shape index (κ2) is 8.93. The molecule has 10 heteroatoms. The molecule has 7 nitrogen and oxygen atoms in total. The van der Waals surface area contributed by atoms with Crippen LogP contribution in [0.2, 0.25) is 23.2 Å². The summed E-state index contributed by atoms with van der Waals surface area (Å²) in [7, 11) is -5.97. The number of amidine groups is 1. The molecule has 1 aliphatic heterocycles. The first kappa shape index (κ1) is 24.1. The first-order chi connectivity index (χ1) is 13.3. The van der Waals surface area contributed by atoms with Crippen LogP contribution in [0, 0.1) is 0 Å². The maximum Gasteiger partial charge on any atom is 0.244 e. The van der Waals surface area contributed by atoms with Gasteiger partial charge in [-0.3, -0.25) is 0 Å². The minimum atomic E-state index is -3.90. The van der Waals surface area contributed by atoms with Crippen LogP contribution in [0.25, 0.3) is 0 Å². The van der Waals surface area contributed by atoms with Crippen molar-refractivity contribution in [2.45, 2.75) is 75.1 Å².